The highest BCUT2D eigenvalue weighted by Gasteiger charge is 2.32. The second kappa shape index (κ2) is 6.74. The molecule has 1 heterocycles. The van der Waals surface area contributed by atoms with E-state index >= 15 is 0 Å². The molecule has 0 saturated carbocycles. The van der Waals surface area contributed by atoms with Gasteiger partial charge in [0.25, 0.3) is 0 Å². The molecule has 1 rings (SSSR count). The highest BCUT2D eigenvalue weighted by Crippen LogP contribution is 2.18. The first-order valence-corrected chi connectivity index (χ1v) is 6.53. The molecule has 17 heavy (non-hydrogen) atoms. The Morgan fingerprint density at radius 2 is 2.24 bits per heavy atom. The molecule has 2 unspecified atom stereocenters. The SMILES string of the molecule is CCCC(C(=O)OCC)N1CCC(=O)C(C)C1. The lowest BCUT2D eigenvalue weighted by molar-refractivity contribution is -0.151. The Balaban J connectivity index is 2.63. The molecule has 1 fully saturated rings. The molecule has 1 aliphatic heterocycles. The average Bonchev–Trinajstić information content (AvgIpc) is 2.30. The minimum Gasteiger partial charge on any atom is -0.465 e. The third-order valence-electron chi connectivity index (χ3n) is 3.26. The second-order valence-electron chi connectivity index (χ2n) is 4.67. The number of ketones is 1. The summed E-state index contributed by atoms with van der Waals surface area (Å²) in [7, 11) is 0. The normalized spacial score (nSPS) is 23.5. The van der Waals surface area contributed by atoms with E-state index in [1.165, 1.54) is 0 Å². The van der Waals surface area contributed by atoms with E-state index in [2.05, 4.69) is 11.8 Å². The smallest absolute Gasteiger partial charge is 0.323 e. The summed E-state index contributed by atoms with van der Waals surface area (Å²) in [5, 5.41) is 0. The Morgan fingerprint density at radius 1 is 1.53 bits per heavy atom. The molecule has 0 N–H and O–H groups in total. The van der Waals surface area contributed by atoms with Crippen LogP contribution in [0.1, 0.15) is 40.0 Å². The predicted octanol–water partition coefficient (Wildman–Crippen LogP) is 1.63. The van der Waals surface area contributed by atoms with Crippen molar-refractivity contribution < 1.29 is 14.3 Å². The number of likely N-dealkylation sites (tertiary alicyclic amines) is 1. The van der Waals surface area contributed by atoms with Crippen molar-refractivity contribution in [3.8, 4) is 0 Å². The Labute approximate surface area is 103 Å². The van der Waals surface area contributed by atoms with E-state index in [1.807, 2.05) is 13.8 Å². The summed E-state index contributed by atoms with van der Waals surface area (Å²) in [5.74, 6) is 0.203. The van der Waals surface area contributed by atoms with Crippen LogP contribution in [-0.2, 0) is 14.3 Å². The molecule has 0 aromatic heterocycles. The van der Waals surface area contributed by atoms with Crippen LogP contribution < -0.4 is 0 Å². The van der Waals surface area contributed by atoms with E-state index in [1.54, 1.807) is 0 Å². The van der Waals surface area contributed by atoms with E-state index < -0.39 is 0 Å². The topological polar surface area (TPSA) is 46.6 Å². The van der Waals surface area contributed by atoms with Gasteiger partial charge in [-0.2, -0.15) is 0 Å². The zero-order valence-electron chi connectivity index (χ0n) is 11.1. The molecule has 0 spiro atoms. The van der Waals surface area contributed by atoms with Crippen LogP contribution in [0.2, 0.25) is 0 Å². The summed E-state index contributed by atoms with van der Waals surface area (Å²) in [4.78, 5) is 25.4. The molecular formula is C13H23NO3. The summed E-state index contributed by atoms with van der Waals surface area (Å²) < 4.78 is 5.11. The second-order valence-corrected chi connectivity index (χ2v) is 4.67. The maximum Gasteiger partial charge on any atom is 0.323 e. The first-order valence-electron chi connectivity index (χ1n) is 6.53. The van der Waals surface area contributed by atoms with Gasteiger partial charge >= 0.3 is 5.97 Å². The van der Waals surface area contributed by atoms with Gasteiger partial charge in [-0.15, -0.1) is 0 Å². The molecule has 2 atom stereocenters. The highest BCUT2D eigenvalue weighted by molar-refractivity contribution is 5.82. The van der Waals surface area contributed by atoms with E-state index in [-0.39, 0.29) is 17.9 Å². The maximum atomic E-state index is 11.9. The average molecular weight is 241 g/mol. The van der Waals surface area contributed by atoms with Crippen LogP contribution in [-0.4, -0.2) is 42.4 Å². The van der Waals surface area contributed by atoms with Crippen LogP contribution >= 0.6 is 0 Å². The lowest BCUT2D eigenvalue weighted by Gasteiger charge is -2.35. The number of hydrogen-bond donors (Lipinski definition) is 0. The van der Waals surface area contributed by atoms with Crippen molar-refractivity contribution in [3.63, 3.8) is 0 Å². The molecule has 1 aliphatic rings. The number of carbonyl (C=O) groups excluding carboxylic acids is 2. The van der Waals surface area contributed by atoms with E-state index in [0.29, 0.717) is 31.9 Å². The van der Waals surface area contributed by atoms with Gasteiger partial charge in [0.1, 0.15) is 11.8 Å². The van der Waals surface area contributed by atoms with Crippen LogP contribution in [0, 0.1) is 5.92 Å². The zero-order chi connectivity index (χ0) is 12.8. The van der Waals surface area contributed by atoms with Crippen molar-refractivity contribution in [1.29, 1.82) is 0 Å². The molecule has 1 saturated heterocycles. The van der Waals surface area contributed by atoms with Crippen LogP contribution in [0.15, 0.2) is 0 Å². The lowest BCUT2D eigenvalue weighted by atomic mass is 9.96. The molecule has 0 aliphatic carbocycles. The molecule has 0 aromatic rings. The first-order chi connectivity index (χ1) is 8.10. The summed E-state index contributed by atoms with van der Waals surface area (Å²) in [5.41, 5.74) is 0. The summed E-state index contributed by atoms with van der Waals surface area (Å²) >= 11 is 0. The summed E-state index contributed by atoms with van der Waals surface area (Å²) in [6, 6.07) is -0.171. The number of carbonyl (C=O) groups is 2. The zero-order valence-corrected chi connectivity index (χ0v) is 11.1. The van der Waals surface area contributed by atoms with E-state index in [0.717, 1.165) is 12.8 Å². The van der Waals surface area contributed by atoms with Gasteiger partial charge in [0.15, 0.2) is 0 Å². The first kappa shape index (κ1) is 14.2. The van der Waals surface area contributed by atoms with Crippen LogP contribution in [0.5, 0.6) is 0 Å². The molecule has 0 aromatic carbocycles. The Kier molecular flexibility index (Phi) is 5.62. The van der Waals surface area contributed by atoms with Crippen molar-refractivity contribution >= 4 is 11.8 Å². The molecular weight excluding hydrogens is 218 g/mol. The number of piperidine rings is 1. The molecule has 0 radical (unpaired) electrons. The molecule has 4 heteroatoms. The van der Waals surface area contributed by atoms with Gasteiger partial charge in [-0.25, -0.2) is 0 Å². The number of ether oxygens (including phenoxy) is 1. The van der Waals surface area contributed by atoms with Crippen molar-refractivity contribution in [2.75, 3.05) is 19.7 Å². The maximum absolute atomic E-state index is 11.9. The lowest BCUT2D eigenvalue weighted by Crippen LogP contribution is -2.49. The number of nitrogens with zero attached hydrogens (tertiary/aromatic N) is 1. The van der Waals surface area contributed by atoms with Crippen molar-refractivity contribution in [2.45, 2.75) is 46.1 Å². The highest BCUT2D eigenvalue weighted by atomic mass is 16.5. The van der Waals surface area contributed by atoms with Crippen LogP contribution in [0.3, 0.4) is 0 Å². The summed E-state index contributed by atoms with van der Waals surface area (Å²) in [6.45, 7) is 7.60. The number of hydrogen-bond acceptors (Lipinski definition) is 4. The van der Waals surface area contributed by atoms with Gasteiger partial charge in [-0.05, 0) is 13.3 Å². The minimum absolute atomic E-state index is 0.0394. The van der Waals surface area contributed by atoms with Gasteiger partial charge in [-0.3, -0.25) is 14.5 Å². The van der Waals surface area contributed by atoms with E-state index in [4.69, 9.17) is 4.74 Å². The van der Waals surface area contributed by atoms with Crippen molar-refractivity contribution in [3.05, 3.63) is 0 Å². The van der Waals surface area contributed by atoms with Gasteiger partial charge < -0.3 is 4.74 Å². The Morgan fingerprint density at radius 3 is 2.76 bits per heavy atom. The van der Waals surface area contributed by atoms with Gasteiger partial charge in [0.2, 0.25) is 0 Å². The van der Waals surface area contributed by atoms with Gasteiger partial charge in [0.05, 0.1) is 6.61 Å². The molecule has 98 valence electrons. The Hall–Kier alpha value is -0.900. The summed E-state index contributed by atoms with van der Waals surface area (Å²) in [6.07, 6.45) is 2.31. The Bertz CT molecular complexity index is 278. The fourth-order valence-electron chi connectivity index (χ4n) is 2.29. The fourth-order valence-corrected chi connectivity index (χ4v) is 2.29. The quantitative estimate of drug-likeness (QED) is 0.686. The van der Waals surface area contributed by atoms with Crippen molar-refractivity contribution in [2.24, 2.45) is 5.92 Å². The predicted molar refractivity (Wildman–Crippen MR) is 65.7 cm³/mol. The monoisotopic (exact) mass is 241 g/mol. The molecule has 4 nitrogen and oxygen atoms in total. The fraction of sp³-hybridized carbons (Fsp3) is 0.846. The van der Waals surface area contributed by atoms with Crippen LogP contribution in [0.4, 0.5) is 0 Å². The molecule has 0 amide bonds. The van der Waals surface area contributed by atoms with Crippen molar-refractivity contribution in [1.82, 2.24) is 4.90 Å². The number of rotatable bonds is 5. The minimum atomic E-state index is -0.171. The standard InChI is InChI=1S/C13H23NO3/c1-4-6-11(13(16)17-5-2)14-8-7-12(15)10(3)9-14/h10-11H,4-9H2,1-3H3. The van der Waals surface area contributed by atoms with E-state index in [9.17, 15) is 9.59 Å². The molecule has 0 bridgehead atoms. The number of Topliss-reactive ketones (excluding diaryl/α,β-unsaturated/α-hetero) is 1. The third-order valence-corrected chi connectivity index (χ3v) is 3.26. The van der Waals surface area contributed by atoms with Gasteiger partial charge in [-0.1, -0.05) is 20.3 Å². The largest absolute Gasteiger partial charge is 0.465 e. The van der Waals surface area contributed by atoms with Crippen LogP contribution in [0.25, 0.3) is 0 Å². The van der Waals surface area contributed by atoms with Gasteiger partial charge in [0, 0.05) is 25.4 Å². The third kappa shape index (κ3) is 3.80. The number of esters is 1.